The molecule has 2 rings (SSSR count). The lowest BCUT2D eigenvalue weighted by Gasteiger charge is -2.01. The number of fused-ring (bicyclic) bond motifs is 1. The van der Waals surface area contributed by atoms with E-state index in [1.54, 1.807) is 12.1 Å². The molecule has 0 spiro atoms. The molecule has 0 aliphatic heterocycles. The maximum atomic E-state index is 10.6. The summed E-state index contributed by atoms with van der Waals surface area (Å²) in [4.78, 5) is 10.6. The zero-order chi connectivity index (χ0) is 11.7. The first kappa shape index (κ1) is 10.8. The van der Waals surface area contributed by atoms with Gasteiger partial charge in [-0.05, 0) is 6.07 Å². The summed E-state index contributed by atoms with van der Waals surface area (Å²) in [5.74, 6) is -0.505. The van der Waals surface area contributed by atoms with Crippen molar-refractivity contribution in [3.8, 4) is 5.75 Å². The fourth-order valence-corrected chi connectivity index (χ4v) is 1.66. The number of aliphatic carboxylic acids is 1. The second kappa shape index (κ2) is 4.02. The summed E-state index contributed by atoms with van der Waals surface area (Å²) >= 11 is 5.93. The Morgan fingerprint density at radius 1 is 1.62 bits per heavy atom. The Kier molecular flexibility index (Phi) is 2.70. The summed E-state index contributed by atoms with van der Waals surface area (Å²) < 4.78 is 10.0. The van der Waals surface area contributed by atoms with Crippen molar-refractivity contribution >= 4 is 28.5 Å². The second-order valence-electron chi connectivity index (χ2n) is 3.18. The van der Waals surface area contributed by atoms with E-state index in [9.17, 15) is 4.79 Å². The number of carbonyl (C=O) groups is 1. The van der Waals surface area contributed by atoms with Gasteiger partial charge in [0.05, 0.1) is 18.6 Å². The highest BCUT2D eigenvalue weighted by Crippen LogP contribution is 2.31. The van der Waals surface area contributed by atoms with Gasteiger partial charge >= 0.3 is 5.97 Å². The molecule has 1 N–H and O–H groups in total. The monoisotopic (exact) mass is 241 g/mol. The topological polar surface area (TPSA) is 72.6 Å². The molecule has 6 heteroatoms. The van der Waals surface area contributed by atoms with Crippen LogP contribution in [0.25, 0.3) is 11.0 Å². The lowest BCUT2D eigenvalue weighted by Crippen LogP contribution is -2.00. The lowest BCUT2D eigenvalue weighted by atomic mass is 10.1. The zero-order valence-electron chi connectivity index (χ0n) is 8.36. The molecule has 2 aromatic rings. The molecule has 0 aliphatic carbocycles. The number of hydrogen-bond acceptors (Lipinski definition) is 4. The molecule has 0 fully saturated rings. The van der Waals surface area contributed by atoms with Crippen molar-refractivity contribution in [2.75, 3.05) is 7.11 Å². The van der Waals surface area contributed by atoms with E-state index in [1.807, 2.05) is 0 Å². The number of rotatable bonds is 3. The van der Waals surface area contributed by atoms with Gasteiger partial charge in [-0.15, -0.1) is 0 Å². The fraction of sp³-hybridized carbons (Fsp3) is 0.200. The van der Waals surface area contributed by atoms with Crippen molar-refractivity contribution in [1.82, 2.24) is 5.16 Å². The molecule has 0 atom stereocenters. The maximum absolute atomic E-state index is 10.6. The van der Waals surface area contributed by atoms with E-state index in [0.29, 0.717) is 27.4 Å². The maximum Gasteiger partial charge on any atom is 0.309 e. The molecule has 0 unspecified atom stereocenters. The molecule has 16 heavy (non-hydrogen) atoms. The van der Waals surface area contributed by atoms with Gasteiger partial charge in [0.25, 0.3) is 0 Å². The van der Waals surface area contributed by atoms with Gasteiger partial charge in [-0.2, -0.15) is 0 Å². The highest BCUT2D eigenvalue weighted by molar-refractivity contribution is 6.32. The van der Waals surface area contributed by atoms with Crippen LogP contribution >= 0.6 is 11.6 Å². The van der Waals surface area contributed by atoms with Crippen molar-refractivity contribution in [2.45, 2.75) is 6.42 Å². The molecule has 0 bridgehead atoms. The van der Waals surface area contributed by atoms with E-state index < -0.39 is 5.97 Å². The molecular formula is C10H8ClNO4. The average molecular weight is 242 g/mol. The van der Waals surface area contributed by atoms with E-state index in [0.717, 1.165) is 0 Å². The van der Waals surface area contributed by atoms with Gasteiger partial charge in [0, 0.05) is 11.5 Å². The normalized spacial score (nSPS) is 10.6. The minimum absolute atomic E-state index is 0.199. The Morgan fingerprint density at radius 3 is 3.00 bits per heavy atom. The molecule has 0 aliphatic rings. The van der Waals surface area contributed by atoms with Crippen LogP contribution in [0, 0.1) is 0 Å². The average Bonchev–Trinajstić information content (AvgIpc) is 2.59. The van der Waals surface area contributed by atoms with Crippen LogP contribution in [0.15, 0.2) is 16.7 Å². The van der Waals surface area contributed by atoms with Crippen LogP contribution in [-0.2, 0) is 11.2 Å². The molecule has 1 heterocycles. The number of carboxylic acid groups (broad SMARTS) is 1. The largest absolute Gasteiger partial charge is 0.495 e. The number of methoxy groups -OCH3 is 1. The smallest absolute Gasteiger partial charge is 0.309 e. The summed E-state index contributed by atoms with van der Waals surface area (Å²) in [6, 6.07) is 3.17. The molecule has 1 aromatic heterocycles. The third-order valence-corrected chi connectivity index (χ3v) is 2.43. The summed E-state index contributed by atoms with van der Waals surface area (Å²) in [5.41, 5.74) is 0.810. The number of aromatic nitrogens is 1. The zero-order valence-corrected chi connectivity index (χ0v) is 9.11. The van der Waals surface area contributed by atoms with Gasteiger partial charge in [0.1, 0.15) is 11.4 Å². The molecule has 5 nitrogen and oxygen atoms in total. The standard InChI is InChI=1S/C10H8ClNO4/c1-15-9-4-8-5(2-6(9)11)7(12-16-8)3-10(13)14/h2,4H,3H2,1H3,(H,13,14). The van der Waals surface area contributed by atoms with Crippen molar-refractivity contribution in [1.29, 1.82) is 0 Å². The number of carboxylic acids is 1. The first-order chi connectivity index (χ1) is 7.61. The Labute approximate surface area is 95.5 Å². The lowest BCUT2D eigenvalue weighted by molar-refractivity contribution is -0.136. The second-order valence-corrected chi connectivity index (χ2v) is 3.59. The first-order valence-electron chi connectivity index (χ1n) is 4.45. The van der Waals surface area contributed by atoms with Crippen LogP contribution in [-0.4, -0.2) is 23.3 Å². The van der Waals surface area contributed by atoms with E-state index in [4.69, 9.17) is 26.0 Å². The minimum atomic E-state index is -0.970. The fourth-order valence-electron chi connectivity index (χ4n) is 1.42. The van der Waals surface area contributed by atoms with Crippen LogP contribution in [0.3, 0.4) is 0 Å². The summed E-state index contributed by atoms with van der Waals surface area (Å²) in [6.07, 6.45) is -0.199. The summed E-state index contributed by atoms with van der Waals surface area (Å²) in [6.45, 7) is 0. The summed E-state index contributed by atoms with van der Waals surface area (Å²) in [5, 5.41) is 13.3. The quantitative estimate of drug-likeness (QED) is 0.891. The van der Waals surface area contributed by atoms with E-state index in [2.05, 4.69) is 5.16 Å². The van der Waals surface area contributed by atoms with Crippen molar-refractivity contribution in [3.05, 3.63) is 22.8 Å². The highest BCUT2D eigenvalue weighted by Gasteiger charge is 2.14. The Balaban J connectivity index is 2.55. The van der Waals surface area contributed by atoms with Crippen LogP contribution in [0.4, 0.5) is 0 Å². The summed E-state index contributed by atoms with van der Waals surface area (Å²) in [7, 11) is 1.49. The van der Waals surface area contributed by atoms with E-state index in [1.165, 1.54) is 7.11 Å². The number of benzene rings is 1. The molecule has 84 valence electrons. The molecule has 0 amide bonds. The van der Waals surface area contributed by atoms with Crippen LogP contribution in [0.1, 0.15) is 5.69 Å². The van der Waals surface area contributed by atoms with Gasteiger partial charge in [-0.25, -0.2) is 0 Å². The Bertz CT molecular complexity index is 549. The van der Waals surface area contributed by atoms with Crippen LogP contribution in [0.5, 0.6) is 5.75 Å². The number of nitrogens with zero attached hydrogens (tertiary/aromatic N) is 1. The van der Waals surface area contributed by atoms with Gasteiger partial charge < -0.3 is 14.4 Å². The predicted molar refractivity (Wildman–Crippen MR) is 56.9 cm³/mol. The first-order valence-corrected chi connectivity index (χ1v) is 4.83. The van der Waals surface area contributed by atoms with Crippen LogP contribution < -0.4 is 4.74 Å². The van der Waals surface area contributed by atoms with Gasteiger partial charge in [-0.1, -0.05) is 16.8 Å². The number of ether oxygens (including phenoxy) is 1. The molecule has 1 aromatic carbocycles. The van der Waals surface area contributed by atoms with Gasteiger partial charge in [-0.3, -0.25) is 4.79 Å². The molecule has 0 radical (unpaired) electrons. The third kappa shape index (κ3) is 1.81. The van der Waals surface area contributed by atoms with Crippen molar-refractivity contribution in [2.24, 2.45) is 0 Å². The minimum Gasteiger partial charge on any atom is -0.495 e. The third-order valence-electron chi connectivity index (χ3n) is 2.14. The molecular weight excluding hydrogens is 234 g/mol. The number of halogens is 1. The van der Waals surface area contributed by atoms with E-state index >= 15 is 0 Å². The molecule has 0 saturated heterocycles. The van der Waals surface area contributed by atoms with Gasteiger partial charge in [0.2, 0.25) is 0 Å². The Morgan fingerprint density at radius 2 is 2.38 bits per heavy atom. The van der Waals surface area contributed by atoms with E-state index in [-0.39, 0.29) is 6.42 Å². The molecule has 0 saturated carbocycles. The predicted octanol–water partition coefficient (Wildman–Crippen LogP) is 2.12. The Hall–Kier alpha value is -1.75. The van der Waals surface area contributed by atoms with Crippen molar-refractivity contribution in [3.63, 3.8) is 0 Å². The van der Waals surface area contributed by atoms with Gasteiger partial charge in [0.15, 0.2) is 5.58 Å². The highest BCUT2D eigenvalue weighted by atomic mass is 35.5. The van der Waals surface area contributed by atoms with Crippen molar-refractivity contribution < 1.29 is 19.2 Å². The van der Waals surface area contributed by atoms with Crippen LogP contribution in [0.2, 0.25) is 5.02 Å². The SMILES string of the molecule is COc1cc2onc(CC(=O)O)c2cc1Cl. The number of hydrogen-bond donors (Lipinski definition) is 1.